The molecule has 0 radical (unpaired) electrons. The normalized spacial score (nSPS) is 11.8. The molecule has 0 spiro atoms. The summed E-state index contributed by atoms with van der Waals surface area (Å²) >= 11 is 6.60. The zero-order valence-corrected chi connectivity index (χ0v) is 29.5. The SMILES string of the molecule is CC(C)SCCC(=O)OCC(COC(=O)CCSC(C)C)(COC(=O)CCSC(C)C)COC(=O)CCSC(C)C. The predicted molar refractivity (Wildman–Crippen MR) is 175 cm³/mol. The number of rotatable bonds is 24. The molecule has 0 rings (SSSR count). The van der Waals surface area contributed by atoms with Crippen LogP contribution in [0.4, 0.5) is 0 Å². The van der Waals surface area contributed by atoms with Crippen molar-refractivity contribution < 1.29 is 38.1 Å². The van der Waals surface area contributed by atoms with E-state index in [4.69, 9.17) is 18.9 Å². The van der Waals surface area contributed by atoms with Crippen molar-refractivity contribution in [3.8, 4) is 0 Å². The van der Waals surface area contributed by atoms with Crippen molar-refractivity contribution >= 4 is 70.9 Å². The number of ether oxygens (including phenoxy) is 4. The number of esters is 4. The first-order valence-electron chi connectivity index (χ1n) is 14.3. The summed E-state index contributed by atoms with van der Waals surface area (Å²) in [7, 11) is 0. The molecule has 0 aromatic carbocycles. The van der Waals surface area contributed by atoms with E-state index < -0.39 is 29.3 Å². The van der Waals surface area contributed by atoms with E-state index in [9.17, 15) is 19.2 Å². The molecule has 0 aliphatic carbocycles. The molecule has 0 saturated carbocycles. The second-order valence-corrected chi connectivity index (χ2v) is 17.6. The van der Waals surface area contributed by atoms with Crippen LogP contribution in [0.15, 0.2) is 0 Å². The average Bonchev–Trinajstić information content (AvgIpc) is 2.87. The zero-order chi connectivity index (χ0) is 31.3. The molecule has 8 nitrogen and oxygen atoms in total. The van der Waals surface area contributed by atoms with Crippen molar-refractivity contribution in [1.29, 1.82) is 0 Å². The molecule has 0 saturated heterocycles. The molecule has 0 atom stereocenters. The average molecular weight is 657 g/mol. The van der Waals surface area contributed by atoms with Crippen molar-refractivity contribution in [2.45, 2.75) is 102 Å². The van der Waals surface area contributed by atoms with Crippen molar-refractivity contribution in [2.75, 3.05) is 49.4 Å². The molecular formula is C29H52O8S4. The van der Waals surface area contributed by atoms with Gasteiger partial charge < -0.3 is 18.9 Å². The van der Waals surface area contributed by atoms with Gasteiger partial charge in [0.15, 0.2) is 0 Å². The van der Waals surface area contributed by atoms with E-state index in [0.29, 0.717) is 44.0 Å². The Labute approximate surface area is 265 Å². The number of thioether (sulfide) groups is 4. The van der Waals surface area contributed by atoms with Gasteiger partial charge in [-0.3, -0.25) is 19.2 Å². The minimum absolute atomic E-state index is 0.212. The van der Waals surface area contributed by atoms with Gasteiger partial charge >= 0.3 is 23.9 Å². The second-order valence-electron chi connectivity index (χ2n) is 10.8. The molecule has 0 N–H and O–H groups in total. The third-order valence-corrected chi connectivity index (χ3v) is 9.61. The highest BCUT2D eigenvalue weighted by molar-refractivity contribution is 8.00. The maximum Gasteiger partial charge on any atom is 0.306 e. The first-order valence-corrected chi connectivity index (χ1v) is 18.5. The van der Waals surface area contributed by atoms with Gasteiger partial charge in [0.05, 0.1) is 25.7 Å². The molecule has 0 amide bonds. The van der Waals surface area contributed by atoms with Crippen LogP contribution in [0, 0.1) is 5.41 Å². The molecule has 0 aliphatic rings. The Bertz CT molecular complexity index is 634. The zero-order valence-electron chi connectivity index (χ0n) is 26.2. The fraction of sp³-hybridized carbons (Fsp3) is 0.862. The molecule has 0 aliphatic heterocycles. The lowest BCUT2D eigenvalue weighted by atomic mass is 9.92. The standard InChI is InChI=1S/C29H52O8S4/c1-21(2)38-13-9-25(30)34-17-29(18-35-26(31)10-14-39-22(3)4,19-36-27(32)11-15-40-23(5)6)20-37-28(33)12-16-41-24(7)8/h21-24H,9-20H2,1-8H3. The van der Waals surface area contributed by atoms with Crippen LogP contribution in [0.2, 0.25) is 0 Å². The lowest BCUT2D eigenvalue weighted by Crippen LogP contribution is -2.44. The lowest BCUT2D eigenvalue weighted by Gasteiger charge is -2.31. The summed E-state index contributed by atoms with van der Waals surface area (Å²) in [5.41, 5.74) is -1.22. The van der Waals surface area contributed by atoms with Crippen molar-refractivity contribution in [3.05, 3.63) is 0 Å². The summed E-state index contributed by atoms with van der Waals surface area (Å²) in [5, 5.41) is 1.54. The number of hydrogen-bond acceptors (Lipinski definition) is 12. The van der Waals surface area contributed by atoms with Crippen LogP contribution in [0.1, 0.15) is 81.1 Å². The number of carbonyl (C=O) groups is 4. The van der Waals surface area contributed by atoms with Gasteiger partial charge in [0.2, 0.25) is 0 Å². The molecule has 41 heavy (non-hydrogen) atoms. The van der Waals surface area contributed by atoms with Crippen LogP contribution in [0.5, 0.6) is 0 Å². The summed E-state index contributed by atoms with van der Waals surface area (Å²) < 4.78 is 22.3. The van der Waals surface area contributed by atoms with E-state index in [-0.39, 0.29) is 52.1 Å². The fourth-order valence-electron chi connectivity index (χ4n) is 2.98. The highest BCUT2D eigenvalue weighted by atomic mass is 32.2. The molecule has 240 valence electrons. The van der Waals surface area contributed by atoms with Gasteiger partial charge in [-0.15, -0.1) is 0 Å². The summed E-state index contributed by atoms with van der Waals surface area (Å²) in [6.45, 7) is 15.6. The molecule has 0 unspecified atom stereocenters. The predicted octanol–water partition coefficient (Wildman–Crippen LogP) is 6.27. The maximum absolute atomic E-state index is 12.5. The van der Waals surface area contributed by atoms with Gasteiger partial charge in [0, 0.05) is 23.0 Å². The van der Waals surface area contributed by atoms with Crippen LogP contribution >= 0.6 is 47.0 Å². The number of hydrogen-bond donors (Lipinski definition) is 0. The van der Waals surface area contributed by atoms with E-state index in [1.54, 1.807) is 47.0 Å². The maximum atomic E-state index is 12.5. The Morgan fingerprint density at radius 1 is 0.439 bits per heavy atom. The highest BCUT2D eigenvalue weighted by Crippen LogP contribution is 2.24. The molecule has 12 heteroatoms. The largest absolute Gasteiger partial charge is 0.465 e. The van der Waals surface area contributed by atoms with E-state index in [1.807, 2.05) is 0 Å². The van der Waals surface area contributed by atoms with Crippen molar-refractivity contribution in [2.24, 2.45) is 5.41 Å². The number of carbonyl (C=O) groups excluding carboxylic acids is 4. The summed E-state index contributed by atoms with van der Waals surface area (Å²) in [4.78, 5) is 50.1. The van der Waals surface area contributed by atoms with Crippen molar-refractivity contribution in [3.63, 3.8) is 0 Å². The fourth-order valence-corrected chi connectivity index (χ4v) is 6.01. The lowest BCUT2D eigenvalue weighted by molar-refractivity contribution is -0.170. The second kappa shape index (κ2) is 23.7. The topological polar surface area (TPSA) is 105 Å². The quantitative estimate of drug-likeness (QED) is 0.0863. The minimum atomic E-state index is -1.22. The van der Waals surface area contributed by atoms with E-state index >= 15 is 0 Å². The summed E-state index contributed by atoms with van der Waals surface area (Å²) in [5.74, 6) is 0.771. The van der Waals surface area contributed by atoms with Crippen LogP contribution in [0.3, 0.4) is 0 Å². The van der Waals surface area contributed by atoms with Crippen LogP contribution in [-0.4, -0.2) is 94.3 Å². The van der Waals surface area contributed by atoms with Gasteiger partial charge in [-0.05, 0) is 21.0 Å². The molecule has 0 aromatic heterocycles. The summed E-state index contributed by atoms with van der Waals surface area (Å²) in [6, 6.07) is 0. The Morgan fingerprint density at radius 3 is 0.805 bits per heavy atom. The third kappa shape index (κ3) is 24.4. The molecule has 0 aromatic rings. The molecule has 0 fully saturated rings. The minimum Gasteiger partial charge on any atom is -0.465 e. The Balaban J connectivity index is 5.58. The highest BCUT2D eigenvalue weighted by Gasteiger charge is 2.38. The molecule has 0 bridgehead atoms. The third-order valence-electron chi connectivity index (χ3n) is 5.19. The molecule has 0 heterocycles. The Morgan fingerprint density at radius 2 is 0.634 bits per heavy atom. The van der Waals surface area contributed by atoms with Crippen molar-refractivity contribution in [1.82, 2.24) is 0 Å². The van der Waals surface area contributed by atoms with Gasteiger partial charge in [-0.1, -0.05) is 55.4 Å². The van der Waals surface area contributed by atoms with Crippen LogP contribution in [-0.2, 0) is 38.1 Å². The summed E-state index contributed by atoms with van der Waals surface area (Å²) in [6.07, 6.45) is 0.847. The smallest absolute Gasteiger partial charge is 0.306 e. The van der Waals surface area contributed by atoms with Gasteiger partial charge in [-0.2, -0.15) is 47.0 Å². The first-order chi connectivity index (χ1) is 19.2. The molecular weight excluding hydrogens is 605 g/mol. The van der Waals surface area contributed by atoms with Gasteiger partial charge in [-0.25, -0.2) is 0 Å². The Hall–Kier alpha value is -0.720. The Kier molecular flexibility index (Phi) is 23.3. The van der Waals surface area contributed by atoms with E-state index in [1.165, 1.54) is 0 Å². The van der Waals surface area contributed by atoms with Gasteiger partial charge in [0.1, 0.15) is 31.8 Å². The van der Waals surface area contributed by atoms with E-state index in [2.05, 4.69) is 55.4 Å². The van der Waals surface area contributed by atoms with Crippen LogP contribution < -0.4 is 0 Å². The van der Waals surface area contributed by atoms with Crippen LogP contribution in [0.25, 0.3) is 0 Å². The van der Waals surface area contributed by atoms with Gasteiger partial charge in [0.25, 0.3) is 0 Å². The monoisotopic (exact) mass is 656 g/mol. The van der Waals surface area contributed by atoms with E-state index in [0.717, 1.165) is 0 Å². The first kappa shape index (κ1) is 40.3.